The van der Waals surface area contributed by atoms with E-state index >= 15 is 0 Å². The van der Waals surface area contributed by atoms with Crippen LogP contribution in [-0.4, -0.2) is 44.8 Å². The molecule has 1 fully saturated rings. The van der Waals surface area contributed by atoms with Crippen LogP contribution < -0.4 is 0 Å². The van der Waals surface area contributed by atoms with Gasteiger partial charge in [0.05, 0.1) is 19.2 Å². The zero-order valence-corrected chi connectivity index (χ0v) is 12.6. The Bertz CT molecular complexity index is 600. The number of nitrogens with zero attached hydrogens (tertiary/aromatic N) is 4. The lowest BCUT2D eigenvalue weighted by atomic mass is 10.1. The van der Waals surface area contributed by atoms with Gasteiger partial charge < -0.3 is 9.64 Å². The molecule has 2 atom stereocenters. The van der Waals surface area contributed by atoms with E-state index in [1.165, 1.54) is 6.33 Å². The first-order valence-corrected chi connectivity index (χ1v) is 7.53. The zero-order chi connectivity index (χ0) is 15.4. The summed E-state index contributed by atoms with van der Waals surface area (Å²) in [6.07, 6.45) is 3.52. The standard InChI is InChI=1S/C16H20N4O2/c1-13-9-19(16(21)7-8-20-12-17-11-18-20)10-15(22-13)14-5-3-2-4-6-14/h2-6,11-13,15H,7-10H2,1H3. The van der Waals surface area contributed by atoms with Crippen LogP contribution in [0.1, 0.15) is 25.0 Å². The Kier molecular flexibility index (Phi) is 4.48. The monoisotopic (exact) mass is 300 g/mol. The van der Waals surface area contributed by atoms with E-state index in [0.717, 1.165) is 5.56 Å². The van der Waals surface area contributed by atoms with Crippen molar-refractivity contribution >= 4 is 5.91 Å². The molecular formula is C16H20N4O2. The van der Waals surface area contributed by atoms with Gasteiger partial charge in [0.25, 0.3) is 0 Å². The lowest BCUT2D eigenvalue weighted by Crippen LogP contribution is -2.46. The molecule has 3 rings (SSSR count). The Morgan fingerprint density at radius 1 is 1.32 bits per heavy atom. The van der Waals surface area contributed by atoms with Crippen molar-refractivity contribution in [2.75, 3.05) is 13.1 Å². The second kappa shape index (κ2) is 6.70. The predicted octanol–water partition coefficient (Wildman–Crippen LogP) is 1.66. The van der Waals surface area contributed by atoms with Gasteiger partial charge in [0.15, 0.2) is 0 Å². The molecule has 0 aliphatic carbocycles. The molecule has 22 heavy (non-hydrogen) atoms. The van der Waals surface area contributed by atoms with Gasteiger partial charge in [-0.2, -0.15) is 5.10 Å². The van der Waals surface area contributed by atoms with Crippen LogP contribution in [0.4, 0.5) is 0 Å². The maximum Gasteiger partial charge on any atom is 0.224 e. The minimum atomic E-state index is -0.0553. The SMILES string of the molecule is CC1CN(C(=O)CCn2cncn2)CC(c2ccccc2)O1. The van der Waals surface area contributed by atoms with E-state index in [9.17, 15) is 4.79 Å². The maximum atomic E-state index is 12.4. The second-order valence-corrected chi connectivity index (χ2v) is 5.55. The van der Waals surface area contributed by atoms with Crippen LogP contribution in [0.3, 0.4) is 0 Å². The molecule has 0 spiro atoms. The van der Waals surface area contributed by atoms with E-state index in [2.05, 4.69) is 10.1 Å². The van der Waals surface area contributed by atoms with Crippen molar-refractivity contribution < 1.29 is 9.53 Å². The lowest BCUT2D eigenvalue weighted by Gasteiger charge is -2.37. The molecule has 0 radical (unpaired) electrons. The first kappa shape index (κ1) is 14.7. The van der Waals surface area contributed by atoms with Crippen LogP contribution in [0.2, 0.25) is 0 Å². The number of carbonyl (C=O) groups is 1. The highest BCUT2D eigenvalue weighted by Gasteiger charge is 2.29. The lowest BCUT2D eigenvalue weighted by molar-refractivity contribution is -0.145. The van der Waals surface area contributed by atoms with Gasteiger partial charge >= 0.3 is 0 Å². The van der Waals surface area contributed by atoms with Crippen LogP contribution in [0.5, 0.6) is 0 Å². The van der Waals surface area contributed by atoms with Gasteiger partial charge in [0.2, 0.25) is 5.91 Å². The smallest absolute Gasteiger partial charge is 0.224 e. The third-order valence-corrected chi connectivity index (χ3v) is 3.81. The van der Waals surface area contributed by atoms with E-state index in [1.807, 2.05) is 42.2 Å². The van der Waals surface area contributed by atoms with Crippen molar-refractivity contribution in [2.24, 2.45) is 0 Å². The van der Waals surface area contributed by atoms with Crippen molar-refractivity contribution in [3.05, 3.63) is 48.5 Å². The third kappa shape index (κ3) is 3.51. The van der Waals surface area contributed by atoms with Crippen LogP contribution >= 0.6 is 0 Å². The van der Waals surface area contributed by atoms with Crippen molar-refractivity contribution in [2.45, 2.75) is 32.1 Å². The molecule has 0 bridgehead atoms. The van der Waals surface area contributed by atoms with E-state index in [-0.39, 0.29) is 18.1 Å². The number of hydrogen-bond acceptors (Lipinski definition) is 4. The number of aromatic nitrogens is 3. The molecule has 1 aliphatic heterocycles. The largest absolute Gasteiger partial charge is 0.367 e. The first-order chi connectivity index (χ1) is 10.7. The Labute approximate surface area is 129 Å². The summed E-state index contributed by atoms with van der Waals surface area (Å²) in [4.78, 5) is 18.2. The first-order valence-electron chi connectivity index (χ1n) is 7.53. The molecule has 116 valence electrons. The molecule has 2 heterocycles. The number of hydrogen-bond donors (Lipinski definition) is 0. The quantitative estimate of drug-likeness (QED) is 0.861. The molecule has 1 amide bonds. The van der Waals surface area contributed by atoms with Gasteiger partial charge in [-0.25, -0.2) is 4.98 Å². The number of benzene rings is 1. The summed E-state index contributed by atoms with van der Waals surface area (Å²) in [5.41, 5.74) is 1.11. The Balaban J connectivity index is 1.61. The topological polar surface area (TPSA) is 60.2 Å². The highest BCUT2D eigenvalue weighted by molar-refractivity contribution is 5.76. The number of ether oxygens (including phenoxy) is 1. The number of aryl methyl sites for hydroxylation is 1. The van der Waals surface area contributed by atoms with Gasteiger partial charge in [-0.3, -0.25) is 9.48 Å². The van der Waals surface area contributed by atoms with E-state index < -0.39 is 0 Å². The minimum Gasteiger partial charge on any atom is -0.367 e. The summed E-state index contributed by atoms with van der Waals surface area (Å²) < 4.78 is 7.66. The molecule has 6 nitrogen and oxygen atoms in total. The summed E-state index contributed by atoms with van der Waals surface area (Å²) in [6, 6.07) is 10.1. The molecule has 1 aromatic carbocycles. The Morgan fingerprint density at radius 3 is 2.86 bits per heavy atom. The molecule has 0 saturated carbocycles. The number of carbonyl (C=O) groups excluding carboxylic acids is 1. The van der Waals surface area contributed by atoms with Gasteiger partial charge in [-0.15, -0.1) is 0 Å². The highest BCUT2D eigenvalue weighted by atomic mass is 16.5. The average Bonchev–Trinajstić information content (AvgIpc) is 3.06. The second-order valence-electron chi connectivity index (χ2n) is 5.55. The van der Waals surface area contributed by atoms with Crippen LogP contribution in [0.15, 0.2) is 43.0 Å². The van der Waals surface area contributed by atoms with Crippen molar-refractivity contribution in [3.63, 3.8) is 0 Å². The summed E-state index contributed by atoms with van der Waals surface area (Å²) in [5.74, 6) is 0.131. The Hall–Kier alpha value is -2.21. The maximum absolute atomic E-state index is 12.4. The predicted molar refractivity (Wildman–Crippen MR) is 80.9 cm³/mol. The zero-order valence-electron chi connectivity index (χ0n) is 12.6. The summed E-state index contributed by atoms with van der Waals surface area (Å²) in [6.45, 7) is 3.80. The molecular weight excluding hydrogens is 280 g/mol. The molecule has 2 aromatic rings. The van der Waals surface area contributed by atoms with Gasteiger partial charge in [0.1, 0.15) is 18.8 Å². The summed E-state index contributed by atoms with van der Waals surface area (Å²) in [5, 5.41) is 4.02. The fourth-order valence-electron chi connectivity index (χ4n) is 2.72. The molecule has 1 aliphatic rings. The normalized spacial score (nSPS) is 21.8. The van der Waals surface area contributed by atoms with Crippen molar-refractivity contribution in [1.82, 2.24) is 19.7 Å². The molecule has 0 N–H and O–H groups in total. The van der Waals surface area contributed by atoms with Crippen molar-refractivity contribution in [1.29, 1.82) is 0 Å². The molecule has 1 aromatic heterocycles. The van der Waals surface area contributed by atoms with E-state index in [0.29, 0.717) is 26.1 Å². The molecule has 2 unspecified atom stereocenters. The number of morpholine rings is 1. The fraction of sp³-hybridized carbons (Fsp3) is 0.438. The van der Waals surface area contributed by atoms with Crippen LogP contribution in [-0.2, 0) is 16.1 Å². The summed E-state index contributed by atoms with van der Waals surface area (Å²) >= 11 is 0. The van der Waals surface area contributed by atoms with Crippen molar-refractivity contribution in [3.8, 4) is 0 Å². The summed E-state index contributed by atoms with van der Waals surface area (Å²) in [7, 11) is 0. The Morgan fingerprint density at radius 2 is 2.14 bits per heavy atom. The fourth-order valence-corrected chi connectivity index (χ4v) is 2.72. The van der Waals surface area contributed by atoms with Gasteiger partial charge in [-0.05, 0) is 12.5 Å². The molecule has 6 heteroatoms. The van der Waals surface area contributed by atoms with Crippen LogP contribution in [0, 0.1) is 0 Å². The minimum absolute atomic E-state index is 0.0364. The average molecular weight is 300 g/mol. The van der Waals surface area contributed by atoms with Gasteiger partial charge in [-0.1, -0.05) is 30.3 Å². The van der Waals surface area contributed by atoms with E-state index in [1.54, 1.807) is 11.0 Å². The number of rotatable bonds is 4. The number of amides is 1. The highest BCUT2D eigenvalue weighted by Crippen LogP contribution is 2.25. The third-order valence-electron chi connectivity index (χ3n) is 3.81. The van der Waals surface area contributed by atoms with Gasteiger partial charge in [0, 0.05) is 13.0 Å². The van der Waals surface area contributed by atoms with E-state index in [4.69, 9.17) is 4.74 Å². The molecule has 1 saturated heterocycles. The van der Waals surface area contributed by atoms with Crippen LogP contribution in [0.25, 0.3) is 0 Å².